The number of halogens is 1. The second-order valence-corrected chi connectivity index (χ2v) is 6.29. The first-order valence-corrected chi connectivity index (χ1v) is 7.87. The number of aliphatic hydroxyl groups is 2. The Kier molecular flexibility index (Phi) is 7.55. The lowest BCUT2D eigenvalue weighted by Crippen LogP contribution is -2.31. The van der Waals surface area contributed by atoms with E-state index in [-0.39, 0.29) is 10.8 Å². The summed E-state index contributed by atoms with van der Waals surface area (Å²) in [7, 11) is -3.58. The molecular weight excluding hydrogens is 281 g/mol. The highest BCUT2D eigenvalue weighted by Gasteiger charge is 2.25. The molecular formula is C10H19ClNO5P. The van der Waals surface area contributed by atoms with E-state index >= 15 is 0 Å². The third-order valence-corrected chi connectivity index (χ3v) is 4.18. The Balaban J connectivity index is 5.02. The van der Waals surface area contributed by atoms with Crippen molar-refractivity contribution >= 4 is 24.9 Å². The standard InChI is InChI=1S/C10H19ClNO5P/c1-4-12(5-2)10(15)9(11)8(3)17-18(16,6-13)7-14/h13-14H,4-7H2,1-3H3/b9-8-. The fourth-order valence-corrected chi connectivity index (χ4v) is 2.20. The maximum atomic E-state index is 11.9. The summed E-state index contributed by atoms with van der Waals surface area (Å²) < 4.78 is 16.6. The number of carbonyl (C=O) groups is 1. The molecule has 18 heavy (non-hydrogen) atoms. The molecule has 1 amide bonds. The summed E-state index contributed by atoms with van der Waals surface area (Å²) in [5.41, 5.74) is 0. The number of amides is 1. The van der Waals surface area contributed by atoms with E-state index in [1.807, 2.05) is 0 Å². The van der Waals surface area contributed by atoms with Gasteiger partial charge in [-0.05, 0) is 20.8 Å². The number of aliphatic hydroxyl groups excluding tert-OH is 2. The SMILES string of the molecule is CCN(CC)C(=O)/C(Cl)=C(\C)OP(=O)(CO)CO. The van der Waals surface area contributed by atoms with Gasteiger partial charge in [-0.15, -0.1) is 0 Å². The molecule has 0 aliphatic heterocycles. The van der Waals surface area contributed by atoms with Crippen molar-refractivity contribution in [2.24, 2.45) is 0 Å². The highest BCUT2D eigenvalue weighted by Crippen LogP contribution is 2.47. The molecule has 0 aliphatic rings. The van der Waals surface area contributed by atoms with Crippen molar-refractivity contribution in [1.29, 1.82) is 0 Å². The molecule has 0 heterocycles. The van der Waals surface area contributed by atoms with Crippen molar-refractivity contribution in [1.82, 2.24) is 4.90 Å². The molecule has 2 N–H and O–H groups in total. The van der Waals surface area contributed by atoms with Gasteiger partial charge in [-0.2, -0.15) is 0 Å². The Morgan fingerprint density at radius 3 is 2.06 bits per heavy atom. The molecule has 0 fully saturated rings. The molecule has 0 aromatic rings. The minimum Gasteiger partial charge on any atom is -0.443 e. The van der Waals surface area contributed by atoms with E-state index < -0.39 is 26.0 Å². The summed E-state index contributed by atoms with van der Waals surface area (Å²) in [6.07, 6.45) is -1.63. The van der Waals surface area contributed by atoms with E-state index in [1.165, 1.54) is 11.8 Å². The molecule has 0 atom stereocenters. The van der Waals surface area contributed by atoms with Gasteiger partial charge < -0.3 is 19.6 Å². The van der Waals surface area contributed by atoms with Crippen LogP contribution in [0.3, 0.4) is 0 Å². The minimum absolute atomic E-state index is 0.0694. The third-order valence-electron chi connectivity index (χ3n) is 2.28. The Hall–Kier alpha value is -0.550. The van der Waals surface area contributed by atoms with Crippen molar-refractivity contribution in [3.05, 3.63) is 10.8 Å². The predicted octanol–water partition coefficient (Wildman–Crippen LogP) is 1.52. The van der Waals surface area contributed by atoms with Gasteiger partial charge >= 0.3 is 0 Å². The zero-order valence-electron chi connectivity index (χ0n) is 10.7. The van der Waals surface area contributed by atoms with Gasteiger partial charge in [-0.1, -0.05) is 11.6 Å². The zero-order valence-corrected chi connectivity index (χ0v) is 12.4. The van der Waals surface area contributed by atoms with Crippen LogP contribution < -0.4 is 0 Å². The van der Waals surface area contributed by atoms with E-state index in [1.54, 1.807) is 13.8 Å². The van der Waals surface area contributed by atoms with Crippen LogP contribution in [0.2, 0.25) is 0 Å². The van der Waals surface area contributed by atoms with Crippen LogP contribution in [0.25, 0.3) is 0 Å². The van der Waals surface area contributed by atoms with Crippen LogP contribution in [0.15, 0.2) is 10.8 Å². The molecule has 6 nitrogen and oxygen atoms in total. The van der Waals surface area contributed by atoms with Crippen LogP contribution >= 0.6 is 19.0 Å². The molecule has 0 bridgehead atoms. The average molecular weight is 300 g/mol. The Morgan fingerprint density at radius 1 is 1.28 bits per heavy atom. The molecule has 0 saturated carbocycles. The number of rotatable bonds is 7. The van der Waals surface area contributed by atoms with Crippen LogP contribution in [0.4, 0.5) is 0 Å². The third kappa shape index (κ3) is 4.61. The smallest absolute Gasteiger partial charge is 0.296 e. The van der Waals surface area contributed by atoms with Gasteiger partial charge in [0.25, 0.3) is 13.3 Å². The Morgan fingerprint density at radius 2 is 1.72 bits per heavy atom. The van der Waals surface area contributed by atoms with Crippen LogP contribution in [-0.4, -0.2) is 46.8 Å². The first-order chi connectivity index (χ1) is 8.35. The summed E-state index contributed by atoms with van der Waals surface area (Å²) in [5, 5.41) is 17.5. The molecule has 0 aromatic heterocycles. The number of hydrogen-bond acceptors (Lipinski definition) is 5. The summed E-state index contributed by atoms with van der Waals surface area (Å²) in [5.74, 6) is -0.512. The molecule has 8 heteroatoms. The highest BCUT2D eigenvalue weighted by molar-refractivity contribution is 7.58. The quantitative estimate of drug-likeness (QED) is 0.423. The molecule has 106 valence electrons. The lowest BCUT2D eigenvalue weighted by Gasteiger charge is -2.20. The lowest BCUT2D eigenvalue weighted by atomic mass is 10.4. The molecule has 0 rings (SSSR count). The van der Waals surface area contributed by atoms with Gasteiger partial charge in [-0.25, -0.2) is 0 Å². The molecule has 0 radical (unpaired) electrons. The van der Waals surface area contributed by atoms with E-state index in [0.717, 1.165) is 0 Å². The van der Waals surface area contributed by atoms with Crippen molar-refractivity contribution < 1.29 is 24.1 Å². The number of likely N-dealkylation sites (N-methyl/N-ethyl adjacent to an activating group) is 1. The van der Waals surface area contributed by atoms with Crippen LogP contribution in [0, 0.1) is 0 Å². The topological polar surface area (TPSA) is 87.1 Å². The van der Waals surface area contributed by atoms with E-state index in [0.29, 0.717) is 13.1 Å². The monoisotopic (exact) mass is 299 g/mol. The maximum absolute atomic E-state index is 11.9. The number of nitrogens with zero attached hydrogens (tertiary/aromatic N) is 1. The summed E-state index contributed by atoms with van der Waals surface area (Å²) >= 11 is 5.83. The van der Waals surface area contributed by atoms with Gasteiger partial charge in [0.15, 0.2) is 0 Å². The largest absolute Gasteiger partial charge is 0.443 e. The molecule has 0 unspecified atom stereocenters. The van der Waals surface area contributed by atoms with Gasteiger partial charge in [0.2, 0.25) is 0 Å². The molecule has 0 saturated heterocycles. The van der Waals surface area contributed by atoms with Crippen molar-refractivity contribution in [3.8, 4) is 0 Å². The second kappa shape index (κ2) is 7.79. The average Bonchev–Trinajstić information content (AvgIpc) is 2.38. The normalized spacial score (nSPS) is 13.0. The van der Waals surface area contributed by atoms with E-state index in [4.69, 9.17) is 26.3 Å². The minimum atomic E-state index is -3.58. The van der Waals surface area contributed by atoms with Crippen LogP contribution in [-0.2, 0) is 13.9 Å². The number of hydrogen-bond donors (Lipinski definition) is 2. The zero-order chi connectivity index (χ0) is 14.3. The predicted molar refractivity (Wildman–Crippen MR) is 69.3 cm³/mol. The van der Waals surface area contributed by atoms with Crippen molar-refractivity contribution in [3.63, 3.8) is 0 Å². The van der Waals surface area contributed by atoms with Crippen molar-refractivity contribution in [2.75, 3.05) is 25.8 Å². The Labute approximate surface area is 112 Å². The molecule has 0 aliphatic carbocycles. The Bertz CT molecular complexity index is 359. The van der Waals surface area contributed by atoms with Gasteiger partial charge in [0, 0.05) is 13.1 Å². The molecule has 0 spiro atoms. The first kappa shape index (κ1) is 17.4. The van der Waals surface area contributed by atoms with E-state index in [9.17, 15) is 9.36 Å². The maximum Gasteiger partial charge on any atom is 0.296 e. The fourth-order valence-electron chi connectivity index (χ4n) is 1.19. The highest BCUT2D eigenvalue weighted by atomic mass is 35.5. The first-order valence-electron chi connectivity index (χ1n) is 5.50. The fraction of sp³-hybridized carbons (Fsp3) is 0.700. The van der Waals surface area contributed by atoms with Gasteiger partial charge in [0.05, 0.1) is 0 Å². The number of allylic oxidation sites excluding steroid dienone is 1. The molecule has 0 aromatic carbocycles. The summed E-state index contributed by atoms with van der Waals surface area (Å²) in [4.78, 5) is 13.3. The second-order valence-electron chi connectivity index (χ2n) is 3.54. The number of carbonyl (C=O) groups excluding carboxylic acids is 1. The lowest BCUT2D eigenvalue weighted by molar-refractivity contribution is -0.126. The summed E-state index contributed by atoms with van der Waals surface area (Å²) in [6, 6.07) is 0. The van der Waals surface area contributed by atoms with Crippen LogP contribution in [0.5, 0.6) is 0 Å². The van der Waals surface area contributed by atoms with Gasteiger partial charge in [0.1, 0.15) is 23.5 Å². The van der Waals surface area contributed by atoms with E-state index in [2.05, 4.69) is 0 Å². The van der Waals surface area contributed by atoms with Crippen LogP contribution in [0.1, 0.15) is 20.8 Å². The van der Waals surface area contributed by atoms with Crippen molar-refractivity contribution in [2.45, 2.75) is 20.8 Å². The summed E-state index contributed by atoms with van der Waals surface area (Å²) in [6.45, 7) is 5.93. The van der Waals surface area contributed by atoms with Gasteiger partial charge in [-0.3, -0.25) is 9.36 Å².